The van der Waals surface area contributed by atoms with Crippen LogP contribution in [0.4, 0.5) is 4.39 Å². The predicted octanol–water partition coefficient (Wildman–Crippen LogP) is 1.37. The smallest absolute Gasteiger partial charge is 0.241 e. The summed E-state index contributed by atoms with van der Waals surface area (Å²) in [4.78, 5) is 18.2. The standard InChI is InChI=1S/C17H22FN5O/c1-2-20-17(22-12-16(24)23-7-3-4-8-23)21-11-14-9-13(10-19)5-6-15(14)18/h5-6,9H,2-4,7-8,11-12H2,1H3,(H2,20,21,22). The molecular formula is C17H22FN5O. The van der Waals surface area contributed by atoms with E-state index in [9.17, 15) is 9.18 Å². The first-order chi connectivity index (χ1) is 11.6. The molecule has 1 saturated heterocycles. The van der Waals surface area contributed by atoms with Crippen LogP contribution in [0.25, 0.3) is 0 Å². The van der Waals surface area contributed by atoms with E-state index in [-0.39, 0.29) is 19.0 Å². The zero-order valence-corrected chi connectivity index (χ0v) is 13.8. The van der Waals surface area contributed by atoms with Gasteiger partial charge in [-0.25, -0.2) is 9.38 Å². The average Bonchev–Trinajstić information content (AvgIpc) is 3.13. The fourth-order valence-corrected chi connectivity index (χ4v) is 2.51. The number of nitrogens with one attached hydrogen (secondary N) is 2. The van der Waals surface area contributed by atoms with Crippen molar-refractivity contribution in [1.29, 1.82) is 5.26 Å². The summed E-state index contributed by atoms with van der Waals surface area (Å²) in [5.74, 6) is 0.0873. The number of carbonyl (C=O) groups is 1. The van der Waals surface area contributed by atoms with Crippen molar-refractivity contribution in [2.45, 2.75) is 26.3 Å². The molecule has 0 unspecified atom stereocenters. The number of hydrogen-bond acceptors (Lipinski definition) is 3. The van der Waals surface area contributed by atoms with Gasteiger partial charge >= 0.3 is 0 Å². The number of amides is 1. The lowest BCUT2D eigenvalue weighted by molar-refractivity contribution is -0.128. The first-order valence-electron chi connectivity index (χ1n) is 8.12. The fourth-order valence-electron chi connectivity index (χ4n) is 2.51. The Balaban J connectivity index is 1.97. The summed E-state index contributed by atoms with van der Waals surface area (Å²) in [5.41, 5.74) is 0.737. The van der Waals surface area contributed by atoms with E-state index in [4.69, 9.17) is 5.26 Å². The van der Waals surface area contributed by atoms with E-state index in [0.717, 1.165) is 25.9 Å². The van der Waals surface area contributed by atoms with Crippen LogP contribution >= 0.6 is 0 Å². The fraction of sp³-hybridized carbons (Fsp3) is 0.471. The summed E-state index contributed by atoms with van der Waals surface area (Å²) in [6, 6.07) is 6.16. The van der Waals surface area contributed by atoms with Crippen molar-refractivity contribution in [3.63, 3.8) is 0 Å². The highest BCUT2D eigenvalue weighted by Gasteiger charge is 2.17. The summed E-state index contributed by atoms with van der Waals surface area (Å²) >= 11 is 0. The van der Waals surface area contributed by atoms with Gasteiger partial charge in [0.25, 0.3) is 0 Å². The zero-order valence-electron chi connectivity index (χ0n) is 13.8. The quantitative estimate of drug-likeness (QED) is 0.631. The molecule has 1 amide bonds. The minimum atomic E-state index is -0.401. The molecule has 0 bridgehead atoms. The predicted molar refractivity (Wildman–Crippen MR) is 89.7 cm³/mol. The van der Waals surface area contributed by atoms with E-state index in [1.807, 2.05) is 17.9 Å². The number of carbonyl (C=O) groups excluding carboxylic acids is 1. The van der Waals surface area contributed by atoms with Gasteiger partial charge in [0.05, 0.1) is 24.7 Å². The van der Waals surface area contributed by atoms with Gasteiger partial charge in [0.15, 0.2) is 5.96 Å². The third-order valence-electron chi connectivity index (χ3n) is 3.79. The molecule has 6 nitrogen and oxygen atoms in total. The molecule has 128 valence electrons. The molecule has 1 aliphatic heterocycles. The van der Waals surface area contributed by atoms with Crippen molar-refractivity contribution >= 4 is 11.9 Å². The lowest BCUT2D eigenvalue weighted by Crippen LogP contribution is -2.44. The summed E-state index contributed by atoms with van der Waals surface area (Å²) < 4.78 is 13.8. The Kier molecular flexibility index (Phi) is 6.55. The van der Waals surface area contributed by atoms with E-state index in [1.165, 1.54) is 18.2 Å². The van der Waals surface area contributed by atoms with E-state index < -0.39 is 5.82 Å². The van der Waals surface area contributed by atoms with Gasteiger partial charge < -0.3 is 15.5 Å². The Morgan fingerprint density at radius 1 is 1.38 bits per heavy atom. The SMILES string of the molecule is CCNC(=NCc1cc(C#N)ccc1F)NCC(=O)N1CCCC1. The van der Waals surface area contributed by atoms with Gasteiger partial charge in [-0.1, -0.05) is 0 Å². The zero-order chi connectivity index (χ0) is 17.4. The molecule has 1 fully saturated rings. The molecule has 0 radical (unpaired) electrons. The van der Waals surface area contributed by atoms with Gasteiger partial charge in [-0.05, 0) is 38.0 Å². The number of benzene rings is 1. The van der Waals surface area contributed by atoms with Crippen molar-refractivity contribution in [3.8, 4) is 6.07 Å². The summed E-state index contributed by atoms with van der Waals surface area (Å²) in [5, 5.41) is 14.9. The number of hydrogen-bond donors (Lipinski definition) is 2. The Bertz CT molecular complexity index is 647. The normalized spacial score (nSPS) is 14.4. The van der Waals surface area contributed by atoms with Crippen LogP contribution in [0, 0.1) is 17.1 Å². The van der Waals surface area contributed by atoms with Gasteiger partial charge in [-0.2, -0.15) is 5.26 Å². The minimum Gasteiger partial charge on any atom is -0.357 e. The van der Waals surface area contributed by atoms with Crippen molar-refractivity contribution < 1.29 is 9.18 Å². The molecule has 0 saturated carbocycles. The maximum absolute atomic E-state index is 13.8. The second-order valence-corrected chi connectivity index (χ2v) is 5.55. The first kappa shape index (κ1) is 17.7. The Morgan fingerprint density at radius 2 is 2.12 bits per heavy atom. The molecule has 7 heteroatoms. The maximum Gasteiger partial charge on any atom is 0.241 e. The maximum atomic E-state index is 13.8. The lowest BCUT2D eigenvalue weighted by atomic mass is 10.1. The first-order valence-corrected chi connectivity index (χ1v) is 8.12. The number of halogens is 1. The molecule has 1 aromatic carbocycles. The van der Waals surface area contributed by atoms with Crippen LogP contribution in [-0.2, 0) is 11.3 Å². The Hall–Kier alpha value is -2.62. The molecular weight excluding hydrogens is 309 g/mol. The number of likely N-dealkylation sites (tertiary alicyclic amines) is 1. The summed E-state index contributed by atoms with van der Waals surface area (Å²) in [6.07, 6.45) is 2.10. The third kappa shape index (κ3) is 4.95. The highest BCUT2D eigenvalue weighted by atomic mass is 19.1. The summed E-state index contributed by atoms with van der Waals surface area (Å²) in [6.45, 7) is 4.41. The molecule has 24 heavy (non-hydrogen) atoms. The number of guanidine groups is 1. The van der Waals surface area contributed by atoms with Crippen LogP contribution in [0.5, 0.6) is 0 Å². The second kappa shape index (κ2) is 8.87. The molecule has 0 atom stereocenters. The van der Waals surface area contributed by atoms with Gasteiger partial charge in [-0.3, -0.25) is 4.79 Å². The van der Waals surface area contributed by atoms with Crippen molar-refractivity contribution in [3.05, 3.63) is 35.1 Å². The van der Waals surface area contributed by atoms with Gasteiger partial charge in [0.2, 0.25) is 5.91 Å². The van der Waals surface area contributed by atoms with Crippen LogP contribution in [0.2, 0.25) is 0 Å². The summed E-state index contributed by atoms with van der Waals surface area (Å²) in [7, 11) is 0. The average molecular weight is 331 g/mol. The third-order valence-corrected chi connectivity index (χ3v) is 3.79. The minimum absolute atomic E-state index is 0.0377. The monoisotopic (exact) mass is 331 g/mol. The van der Waals surface area contributed by atoms with Gasteiger partial charge in [0, 0.05) is 25.2 Å². The van der Waals surface area contributed by atoms with Crippen LogP contribution in [-0.4, -0.2) is 42.9 Å². The Labute approximate surface area is 141 Å². The van der Waals surface area contributed by atoms with E-state index in [0.29, 0.717) is 23.6 Å². The largest absolute Gasteiger partial charge is 0.357 e. The van der Waals surface area contributed by atoms with Gasteiger partial charge in [-0.15, -0.1) is 0 Å². The van der Waals surface area contributed by atoms with Crippen LogP contribution in [0.15, 0.2) is 23.2 Å². The number of rotatable bonds is 5. The second-order valence-electron chi connectivity index (χ2n) is 5.55. The molecule has 1 heterocycles. The number of nitriles is 1. The molecule has 0 aromatic heterocycles. The van der Waals surface area contributed by atoms with Crippen molar-refractivity contribution in [1.82, 2.24) is 15.5 Å². The molecule has 2 rings (SSSR count). The number of nitrogens with zero attached hydrogens (tertiary/aromatic N) is 3. The number of aliphatic imine (C=N–C) groups is 1. The van der Waals surface area contributed by atoms with Gasteiger partial charge in [0.1, 0.15) is 5.82 Å². The van der Waals surface area contributed by atoms with Crippen molar-refractivity contribution in [2.75, 3.05) is 26.2 Å². The molecule has 1 aromatic rings. The molecule has 0 aliphatic carbocycles. The van der Waals surface area contributed by atoms with Crippen LogP contribution < -0.4 is 10.6 Å². The van der Waals surface area contributed by atoms with Crippen LogP contribution in [0.1, 0.15) is 30.9 Å². The van der Waals surface area contributed by atoms with Crippen molar-refractivity contribution in [2.24, 2.45) is 4.99 Å². The van der Waals surface area contributed by atoms with E-state index in [2.05, 4.69) is 15.6 Å². The Morgan fingerprint density at radius 3 is 2.79 bits per heavy atom. The van der Waals surface area contributed by atoms with E-state index in [1.54, 1.807) is 0 Å². The van der Waals surface area contributed by atoms with Crippen LogP contribution in [0.3, 0.4) is 0 Å². The molecule has 0 spiro atoms. The molecule has 1 aliphatic rings. The molecule has 2 N–H and O–H groups in total. The topological polar surface area (TPSA) is 80.5 Å². The lowest BCUT2D eigenvalue weighted by Gasteiger charge is -2.17. The highest BCUT2D eigenvalue weighted by Crippen LogP contribution is 2.11. The van der Waals surface area contributed by atoms with E-state index >= 15 is 0 Å². The highest BCUT2D eigenvalue weighted by molar-refractivity contribution is 5.86.